The molecule has 3 unspecified atom stereocenters. The average molecular weight is 351 g/mol. The molecule has 1 heterocycles. The third kappa shape index (κ3) is 4.25. The van der Waals surface area contributed by atoms with Gasteiger partial charge in [-0.1, -0.05) is 48.5 Å². The number of nitrogens with one attached hydrogen (secondary N) is 1. The molecule has 138 valence electrons. The lowest BCUT2D eigenvalue weighted by atomic mass is 10.0. The van der Waals surface area contributed by atoms with Crippen LogP contribution in [0.3, 0.4) is 0 Å². The van der Waals surface area contributed by atoms with Crippen molar-refractivity contribution in [2.75, 3.05) is 5.01 Å². The number of hydrogen-bond acceptors (Lipinski definition) is 3. The number of carbonyl (C=O) groups is 1. The normalized spacial score (nSPS) is 21.0. The molecule has 0 radical (unpaired) electrons. The maximum Gasteiger partial charge on any atom is 0.238 e. The van der Waals surface area contributed by atoms with E-state index in [1.807, 2.05) is 29.3 Å². The summed E-state index contributed by atoms with van der Waals surface area (Å²) in [6.07, 6.45) is 1.94. The van der Waals surface area contributed by atoms with Crippen molar-refractivity contribution in [2.24, 2.45) is 0 Å². The molecular weight excluding hydrogens is 322 g/mol. The van der Waals surface area contributed by atoms with Crippen molar-refractivity contribution in [3.63, 3.8) is 0 Å². The quantitative estimate of drug-likeness (QED) is 0.855. The van der Waals surface area contributed by atoms with E-state index in [-0.39, 0.29) is 11.9 Å². The first-order valence-corrected chi connectivity index (χ1v) is 9.47. The van der Waals surface area contributed by atoms with Crippen LogP contribution in [0.15, 0.2) is 60.7 Å². The summed E-state index contributed by atoms with van der Waals surface area (Å²) in [5.41, 5.74) is 2.37. The SMILES string of the molecule is CC(=O)N1C(CC(C)NCc2ccccc2)CC(C)N1c1ccccc1. The van der Waals surface area contributed by atoms with Crippen LogP contribution in [0.4, 0.5) is 5.69 Å². The summed E-state index contributed by atoms with van der Waals surface area (Å²) in [7, 11) is 0. The van der Waals surface area contributed by atoms with E-state index in [0.717, 1.165) is 25.1 Å². The van der Waals surface area contributed by atoms with Crippen LogP contribution in [0, 0.1) is 0 Å². The number of nitrogens with zero attached hydrogens (tertiary/aromatic N) is 2. The van der Waals surface area contributed by atoms with Crippen molar-refractivity contribution in [2.45, 2.75) is 58.3 Å². The summed E-state index contributed by atoms with van der Waals surface area (Å²) in [5, 5.41) is 7.72. The Morgan fingerprint density at radius 1 is 1.12 bits per heavy atom. The Bertz CT molecular complexity index is 704. The standard InChI is InChI=1S/C22H29N3O/c1-17(23-16-20-10-6-4-7-11-20)14-22-15-18(2)24(25(22)19(3)26)21-12-8-5-9-13-21/h4-13,17-18,22-23H,14-16H2,1-3H3. The van der Waals surface area contributed by atoms with Gasteiger partial charge in [-0.05, 0) is 44.4 Å². The number of hydrazine groups is 1. The summed E-state index contributed by atoms with van der Waals surface area (Å²) in [6.45, 7) is 6.93. The molecule has 0 aromatic heterocycles. The van der Waals surface area contributed by atoms with Crippen molar-refractivity contribution in [3.05, 3.63) is 66.2 Å². The highest BCUT2D eigenvalue weighted by Gasteiger charge is 2.39. The zero-order chi connectivity index (χ0) is 18.5. The minimum absolute atomic E-state index is 0.110. The minimum atomic E-state index is 0.110. The molecule has 1 fully saturated rings. The van der Waals surface area contributed by atoms with E-state index >= 15 is 0 Å². The van der Waals surface area contributed by atoms with E-state index in [1.165, 1.54) is 5.56 Å². The third-order valence-corrected chi connectivity index (χ3v) is 5.08. The minimum Gasteiger partial charge on any atom is -0.310 e. The van der Waals surface area contributed by atoms with Crippen molar-refractivity contribution >= 4 is 11.6 Å². The van der Waals surface area contributed by atoms with Gasteiger partial charge in [-0.3, -0.25) is 14.8 Å². The maximum absolute atomic E-state index is 12.4. The first-order valence-electron chi connectivity index (χ1n) is 9.47. The molecule has 3 atom stereocenters. The lowest BCUT2D eigenvalue weighted by Crippen LogP contribution is -2.47. The number of para-hydroxylation sites is 1. The van der Waals surface area contributed by atoms with Crippen LogP contribution in [0.1, 0.15) is 39.2 Å². The summed E-state index contributed by atoms with van der Waals surface area (Å²) in [4.78, 5) is 12.4. The molecule has 0 aliphatic carbocycles. The molecule has 4 nitrogen and oxygen atoms in total. The second-order valence-corrected chi connectivity index (χ2v) is 7.29. The molecule has 26 heavy (non-hydrogen) atoms. The van der Waals surface area contributed by atoms with Gasteiger partial charge in [-0.2, -0.15) is 0 Å². The Labute approximate surface area is 156 Å². The third-order valence-electron chi connectivity index (χ3n) is 5.08. The topological polar surface area (TPSA) is 35.6 Å². The van der Waals surface area contributed by atoms with Gasteiger partial charge in [0.05, 0.1) is 11.7 Å². The number of carbonyl (C=O) groups excluding carboxylic acids is 1. The van der Waals surface area contributed by atoms with E-state index in [9.17, 15) is 4.79 Å². The summed E-state index contributed by atoms with van der Waals surface area (Å²) in [5.74, 6) is 0.110. The molecule has 4 heteroatoms. The van der Waals surface area contributed by atoms with Crippen molar-refractivity contribution in [1.82, 2.24) is 10.3 Å². The van der Waals surface area contributed by atoms with Gasteiger partial charge >= 0.3 is 0 Å². The van der Waals surface area contributed by atoms with Gasteiger partial charge in [-0.15, -0.1) is 0 Å². The zero-order valence-corrected chi connectivity index (χ0v) is 15.9. The predicted octanol–water partition coefficient (Wildman–Crippen LogP) is 3.99. The van der Waals surface area contributed by atoms with E-state index in [2.05, 4.69) is 60.6 Å². The molecule has 1 amide bonds. The zero-order valence-electron chi connectivity index (χ0n) is 15.9. The van der Waals surface area contributed by atoms with E-state index in [1.54, 1.807) is 6.92 Å². The van der Waals surface area contributed by atoms with Crippen LogP contribution in [0.2, 0.25) is 0 Å². The van der Waals surface area contributed by atoms with Gasteiger partial charge in [0.2, 0.25) is 5.91 Å². The second-order valence-electron chi connectivity index (χ2n) is 7.29. The number of benzene rings is 2. The van der Waals surface area contributed by atoms with Gasteiger partial charge < -0.3 is 5.32 Å². The largest absolute Gasteiger partial charge is 0.310 e. The van der Waals surface area contributed by atoms with Crippen LogP contribution < -0.4 is 10.3 Å². The van der Waals surface area contributed by atoms with Gasteiger partial charge in [0.25, 0.3) is 0 Å². The number of anilines is 1. The number of amides is 1. The molecule has 0 spiro atoms. The Hall–Kier alpha value is -2.33. The van der Waals surface area contributed by atoms with Crippen molar-refractivity contribution in [1.29, 1.82) is 0 Å². The maximum atomic E-state index is 12.4. The molecule has 0 saturated carbocycles. The molecule has 1 aliphatic heterocycles. The van der Waals surface area contributed by atoms with Gasteiger partial charge in [-0.25, -0.2) is 0 Å². The fourth-order valence-corrected chi connectivity index (χ4v) is 3.93. The number of hydrogen-bond donors (Lipinski definition) is 1. The van der Waals surface area contributed by atoms with Gasteiger partial charge in [0.1, 0.15) is 0 Å². The Balaban J connectivity index is 1.66. The second kappa shape index (κ2) is 8.37. The molecule has 1 N–H and O–H groups in total. The van der Waals surface area contributed by atoms with Crippen LogP contribution in [0.25, 0.3) is 0 Å². The van der Waals surface area contributed by atoms with Gasteiger partial charge in [0, 0.05) is 25.6 Å². The monoisotopic (exact) mass is 351 g/mol. The lowest BCUT2D eigenvalue weighted by molar-refractivity contribution is -0.130. The summed E-state index contributed by atoms with van der Waals surface area (Å²) in [6, 6.07) is 21.5. The number of rotatable bonds is 6. The summed E-state index contributed by atoms with van der Waals surface area (Å²) >= 11 is 0. The molecule has 2 aromatic carbocycles. The van der Waals surface area contributed by atoms with Crippen molar-refractivity contribution < 1.29 is 4.79 Å². The van der Waals surface area contributed by atoms with Crippen LogP contribution in [-0.2, 0) is 11.3 Å². The lowest BCUT2D eigenvalue weighted by Gasteiger charge is -2.35. The molecule has 1 saturated heterocycles. The Morgan fingerprint density at radius 2 is 1.73 bits per heavy atom. The van der Waals surface area contributed by atoms with Crippen LogP contribution >= 0.6 is 0 Å². The van der Waals surface area contributed by atoms with E-state index in [4.69, 9.17) is 0 Å². The molecule has 1 aliphatic rings. The van der Waals surface area contributed by atoms with Crippen LogP contribution in [-0.4, -0.2) is 29.0 Å². The average Bonchev–Trinajstić information content (AvgIpc) is 2.97. The summed E-state index contributed by atoms with van der Waals surface area (Å²) < 4.78 is 0. The fraction of sp³-hybridized carbons (Fsp3) is 0.409. The smallest absolute Gasteiger partial charge is 0.238 e. The highest BCUT2D eigenvalue weighted by atomic mass is 16.2. The Morgan fingerprint density at radius 3 is 2.35 bits per heavy atom. The van der Waals surface area contributed by atoms with E-state index in [0.29, 0.717) is 12.1 Å². The van der Waals surface area contributed by atoms with E-state index < -0.39 is 0 Å². The van der Waals surface area contributed by atoms with Crippen LogP contribution in [0.5, 0.6) is 0 Å². The predicted molar refractivity (Wildman–Crippen MR) is 107 cm³/mol. The highest BCUT2D eigenvalue weighted by molar-refractivity contribution is 5.76. The van der Waals surface area contributed by atoms with Gasteiger partial charge in [0.15, 0.2) is 0 Å². The molecule has 0 bridgehead atoms. The fourth-order valence-electron chi connectivity index (χ4n) is 3.93. The van der Waals surface area contributed by atoms with Crippen molar-refractivity contribution in [3.8, 4) is 0 Å². The first kappa shape index (κ1) is 18.5. The molecular formula is C22H29N3O. The molecule has 3 rings (SSSR count). The molecule has 2 aromatic rings. The highest BCUT2D eigenvalue weighted by Crippen LogP contribution is 2.32. The Kier molecular flexibility index (Phi) is 5.94. The first-order chi connectivity index (χ1) is 12.6.